The molecule has 0 saturated heterocycles. The van der Waals surface area contributed by atoms with Gasteiger partial charge in [-0.2, -0.15) is 0 Å². The molecule has 1 aliphatic rings. The van der Waals surface area contributed by atoms with E-state index in [1.807, 2.05) is 0 Å². The molecule has 0 fully saturated rings. The van der Waals surface area contributed by atoms with Crippen molar-refractivity contribution in [1.29, 1.82) is 0 Å². The summed E-state index contributed by atoms with van der Waals surface area (Å²) in [5, 5.41) is 13.5. The Hall–Kier alpha value is -2.04. The zero-order valence-electron chi connectivity index (χ0n) is 7.41. The highest BCUT2D eigenvalue weighted by Gasteiger charge is 2.20. The predicted octanol–water partition coefficient (Wildman–Crippen LogP) is 1.66. The zero-order valence-corrected chi connectivity index (χ0v) is 7.41. The summed E-state index contributed by atoms with van der Waals surface area (Å²) >= 11 is 0. The zero-order chi connectivity index (χ0) is 10.3. The summed E-state index contributed by atoms with van der Waals surface area (Å²) in [5.74, 6) is 0. The Labute approximate surface area is 80.4 Å². The van der Waals surface area contributed by atoms with Gasteiger partial charge < -0.3 is 11.1 Å². The Balaban J connectivity index is 2.55. The van der Waals surface area contributed by atoms with E-state index in [1.54, 1.807) is 6.07 Å². The lowest BCUT2D eigenvalue weighted by molar-refractivity contribution is -0.383. The molecule has 0 radical (unpaired) electrons. The summed E-state index contributed by atoms with van der Waals surface area (Å²) < 4.78 is 0. The summed E-state index contributed by atoms with van der Waals surface area (Å²) in [6.45, 7) is 3.75. The van der Waals surface area contributed by atoms with Crippen LogP contribution < -0.4 is 11.1 Å². The van der Waals surface area contributed by atoms with E-state index in [2.05, 4.69) is 11.9 Å². The smallest absolute Gasteiger partial charge is 0.294 e. The lowest BCUT2D eigenvalue weighted by atomic mass is 10.1. The maximum absolute atomic E-state index is 10.6. The highest BCUT2D eigenvalue weighted by molar-refractivity contribution is 5.73. The average Bonchev–Trinajstić information content (AvgIpc) is 2.42. The fourth-order valence-corrected chi connectivity index (χ4v) is 1.54. The second kappa shape index (κ2) is 2.73. The molecule has 5 heteroatoms. The van der Waals surface area contributed by atoms with Crippen LogP contribution in [0.1, 0.15) is 5.56 Å². The van der Waals surface area contributed by atoms with E-state index in [4.69, 9.17) is 5.73 Å². The van der Waals surface area contributed by atoms with Gasteiger partial charge in [0.25, 0.3) is 5.69 Å². The molecular formula is C9H9N3O2. The number of allylic oxidation sites excluding steroid dienone is 1. The standard InChI is InChI=1S/C9H9N3O2/c1-5-2-6-3-7(10)9(12(13)14)4-8(6)11-5/h3-4,11H,1-2,10H2. The topological polar surface area (TPSA) is 81.2 Å². The lowest BCUT2D eigenvalue weighted by Crippen LogP contribution is -1.97. The Morgan fingerprint density at radius 1 is 1.57 bits per heavy atom. The molecule has 72 valence electrons. The monoisotopic (exact) mass is 191 g/mol. The van der Waals surface area contributed by atoms with E-state index >= 15 is 0 Å². The van der Waals surface area contributed by atoms with Crippen LogP contribution >= 0.6 is 0 Å². The van der Waals surface area contributed by atoms with Crippen LogP contribution in [0.15, 0.2) is 24.4 Å². The van der Waals surface area contributed by atoms with E-state index in [1.165, 1.54) is 6.07 Å². The van der Waals surface area contributed by atoms with E-state index < -0.39 is 4.92 Å². The van der Waals surface area contributed by atoms with Crippen LogP contribution in [-0.2, 0) is 6.42 Å². The minimum absolute atomic E-state index is 0.0639. The van der Waals surface area contributed by atoms with Crippen LogP contribution in [0.25, 0.3) is 0 Å². The van der Waals surface area contributed by atoms with Gasteiger partial charge in [0.15, 0.2) is 0 Å². The second-order valence-electron chi connectivity index (χ2n) is 3.23. The van der Waals surface area contributed by atoms with Crippen molar-refractivity contribution in [2.75, 3.05) is 11.1 Å². The first kappa shape index (κ1) is 8.55. The molecule has 0 amide bonds. The molecule has 0 bridgehead atoms. The largest absolute Gasteiger partial charge is 0.393 e. The molecule has 1 aromatic carbocycles. The van der Waals surface area contributed by atoms with Crippen LogP contribution in [0.5, 0.6) is 0 Å². The summed E-state index contributed by atoms with van der Waals surface area (Å²) in [5.41, 5.74) is 8.20. The van der Waals surface area contributed by atoms with Crippen molar-refractivity contribution in [1.82, 2.24) is 0 Å². The molecule has 2 rings (SSSR count). The number of nitrogens with zero attached hydrogens (tertiary/aromatic N) is 1. The fraction of sp³-hybridized carbons (Fsp3) is 0.111. The van der Waals surface area contributed by atoms with Crippen LogP contribution in [0.3, 0.4) is 0 Å². The molecule has 5 nitrogen and oxygen atoms in total. The van der Waals surface area contributed by atoms with Gasteiger partial charge in [-0.25, -0.2) is 0 Å². The van der Waals surface area contributed by atoms with Crippen molar-refractivity contribution in [2.45, 2.75) is 6.42 Å². The molecule has 0 spiro atoms. The maximum atomic E-state index is 10.6. The SMILES string of the molecule is C=C1Cc2cc(N)c([N+](=O)[O-])cc2N1. The average molecular weight is 191 g/mol. The first-order valence-corrected chi connectivity index (χ1v) is 4.09. The third-order valence-corrected chi connectivity index (χ3v) is 2.16. The van der Waals surface area contributed by atoms with Crippen molar-refractivity contribution in [3.63, 3.8) is 0 Å². The highest BCUT2D eigenvalue weighted by atomic mass is 16.6. The first-order valence-electron chi connectivity index (χ1n) is 4.09. The van der Waals surface area contributed by atoms with Gasteiger partial charge in [-0.3, -0.25) is 10.1 Å². The highest BCUT2D eigenvalue weighted by Crippen LogP contribution is 2.34. The van der Waals surface area contributed by atoms with Gasteiger partial charge in [0, 0.05) is 23.9 Å². The molecule has 0 aromatic heterocycles. The van der Waals surface area contributed by atoms with Gasteiger partial charge in [-0.1, -0.05) is 6.58 Å². The van der Waals surface area contributed by atoms with E-state index in [-0.39, 0.29) is 11.4 Å². The summed E-state index contributed by atoms with van der Waals surface area (Å²) in [7, 11) is 0. The van der Waals surface area contributed by atoms with Crippen molar-refractivity contribution in [3.05, 3.63) is 40.1 Å². The Bertz CT molecular complexity index is 440. The number of hydrogen-bond acceptors (Lipinski definition) is 4. The number of fused-ring (bicyclic) bond motifs is 1. The number of rotatable bonds is 1. The number of hydrogen-bond donors (Lipinski definition) is 2. The molecule has 0 saturated carbocycles. The number of nitrogen functional groups attached to an aromatic ring is 1. The number of nitrogens with one attached hydrogen (secondary N) is 1. The predicted molar refractivity (Wildman–Crippen MR) is 54.0 cm³/mol. The molecule has 1 aromatic rings. The molecule has 1 aliphatic heterocycles. The quantitative estimate of drug-likeness (QED) is 0.402. The minimum atomic E-state index is -0.488. The number of nitrogens with two attached hydrogens (primary N) is 1. The number of anilines is 2. The van der Waals surface area contributed by atoms with Crippen LogP contribution in [0.2, 0.25) is 0 Å². The van der Waals surface area contributed by atoms with E-state index in [0.717, 1.165) is 16.9 Å². The Morgan fingerprint density at radius 3 is 2.93 bits per heavy atom. The van der Waals surface area contributed by atoms with E-state index in [9.17, 15) is 10.1 Å². The van der Waals surface area contributed by atoms with Crippen LogP contribution in [-0.4, -0.2) is 4.92 Å². The van der Waals surface area contributed by atoms with Crippen molar-refractivity contribution >= 4 is 17.1 Å². The normalized spacial score (nSPS) is 13.6. The second-order valence-corrected chi connectivity index (χ2v) is 3.23. The molecule has 14 heavy (non-hydrogen) atoms. The Kier molecular flexibility index (Phi) is 1.67. The van der Waals surface area contributed by atoms with Crippen LogP contribution in [0, 0.1) is 10.1 Å². The van der Waals surface area contributed by atoms with Gasteiger partial charge in [-0.05, 0) is 11.6 Å². The third-order valence-electron chi connectivity index (χ3n) is 2.16. The third kappa shape index (κ3) is 1.19. The van der Waals surface area contributed by atoms with Crippen molar-refractivity contribution in [2.24, 2.45) is 0 Å². The van der Waals surface area contributed by atoms with Gasteiger partial charge >= 0.3 is 0 Å². The van der Waals surface area contributed by atoms with Crippen LogP contribution in [0.4, 0.5) is 17.1 Å². The fourth-order valence-electron chi connectivity index (χ4n) is 1.54. The van der Waals surface area contributed by atoms with Gasteiger partial charge in [0.05, 0.1) is 4.92 Å². The lowest BCUT2D eigenvalue weighted by Gasteiger charge is -2.01. The van der Waals surface area contributed by atoms with E-state index in [0.29, 0.717) is 6.42 Å². The minimum Gasteiger partial charge on any atom is -0.393 e. The molecule has 0 atom stereocenters. The van der Waals surface area contributed by atoms with Crippen molar-refractivity contribution < 1.29 is 4.92 Å². The molecule has 0 unspecified atom stereocenters. The molecule has 1 heterocycles. The van der Waals surface area contributed by atoms with Gasteiger partial charge in [0.1, 0.15) is 5.69 Å². The summed E-state index contributed by atoms with van der Waals surface area (Å²) in [4.78, 5) is 10.1. The van der Waals surface area contributed by atoms with Gasteiger partial charge in [-0.15, -0.1) is 0 Å². The van der Waals surface area contributed by atoms with Gasteiger partial charge in [0.2, 0.25) is 0 Å². The summed E-state index contributed by atoms with van der Waals surface area (Å²) in [6.07, 6.45) is 0.678. The number of benzene rings is 1. The molecular weight excluding hydrogens is 182 g/mol. The molecule has 0 aliphatic carbocycles. The maximum Gasteiger partial charge on any atom is 0.294 e. The van der Waals surface area contributed by atoms with Crippen molar-refractivity contribution in [3.8, 4) is 0 Å². The number of nitro groups is 1. The molecule has 3 N–H and O–H groups in total. The Morgan fingerprint density at radius 2 is 2.29 bits per heavy atom. The first-order chi connectivity index (χ1) is 6.58. The summed E-state index contributed by atoms with van der Waals surface area (Å²) in [6, 6.07) is 3.07. The number of nitro benzene ring substituents is 1.